The molecular weight excluding hydrogens is 315 g/mol. The van der Waals surface area contributed by atoms with Crippen molar-refractivity contribution in [2.75, 3.05) is 0 Å². The standard InChI is InChI=1S/C9H8F2IN3/c10-9(11)8-5(4-14)3-7(12)15-6(8)1-2-13/h3,9H,1,4,14H2. The first-order chi connectivity index (χ1) is 7.10. The van der Waals surface area contributed by atoms with Crippen molar-refractivity contribution in [2.45, 2.75) is 19.4 Å². The number of alkyl halides is 2. The third kappa shape index (κ3) is 2.82. The average molecular weight is 323 g/mol. The molecule has 15 heavy (non-hydrogen) atoms. The molecule has 0 radical (unpaired) electrons. The summed E-state index contributed by atoms with van der Waals surface area (Å²) in [5, 5.41) is 8.51. The summed E-state index contributed by atoms with van der Waals surface area (Å²) in [4.78, 5) is 3.92. The van der Waals surface area contributed by atoms with Gasteiger partial charge in [0.1, 0.15) is 3.70 Å². The lowest BCUT2D eigenvalue weighted by molar-refractivity contribution is 0.148. The van der Waals surface area contributed by atoms with Gasteiger partial charge < -0.3 is 5.73 Å². The van der Waals surface area contributed by atoms with Crippen LogP contribution in [-0.2, 0) is 13.0 Å². The molecule has 0 unspecified atom stereocenters. The van der Waals surface area contributed by atoms with Crippen LogP contribution in [0.1, 0.15) is 23.2 Å². The van der Waals surface area contributed by atoms with Crippen molar-refractivity contribution in [3.63, 3.8) is 0 Å². The lowest BCUT2D eigenvalue weighted by atomic mass is 10.1. The molecule has 0 atom stereocenters. The van der Waals surface area contributed by atoms with E-state index < -0.39 is 6.43 Å². The van der Waals surface area contributed by atoms with Crippen LogP contribution in [0.5, 0.6) is 0 Å². The van der Waals surface area contributed by atoms with Gasteiger partial charge in [-0.25, -0.2) is 13.8 Å². The molecule has 6 heteroatoms. The van der Waals surface area contributed by atoms with Crippen molar-refractivity contribution < 1.29 is 8.78 Å². The number of pyridine rings is 1. The summed E-state index contributed by atoms with van der Waals surface area (Å²) in [6.07, 6.45) is -2.76. The van der Waals surface area contributed by atoms with Gasteiger partial charge in [0.25, 0.3) is 6.43 Å². The smallest absolute Gasteiger partial charge is 0.265 e. The number of hydrogen-bond donors (Lipinski definition) is 1. The molecule has 0 spiro atoms. The number of rotatable bonds is 3. The Hall–Kier alpha value is -0.810. The van der Waals surface area contributed by atoms with Crippen LogP contribution in [0.4, 0.5) is 8.78 Å². The monoisotopic (exact) mass is 323 g/mol. The maximum atomic E-state index is 12.7. The minimum atomic E-state index is -2.64. The molecule has 0 saturated heterocycles. The number of nitrogens with zero attached hydrogens (tertiary/aromatic N) is 2. The van der Waals surface area contributed by atoms with E-state index in [4.69, 9.17) is 11.0 Å². The Morgan fingerprint density at radius 3 is 2.73 bits per heavy atom. The van der Waals surface area contributed by atoms with Gasteiger partial charge in [-0.15, -0.1) is 0 Å². The molecule has 0 amide bonds. The highest BCUT2D eigenvalue weighted by Gasteiger charge is 2.19. The van der Waals surface area contributed by atoms with Crippen LogP contribution in [0.25, 0.3) is 0 Å². The molecule has 0 fully saturated rings. The fraction of sp³-hybridized carbons (Fsp3) is 0.333. The topological polar surface area (TPSA) is 62.7 Å². The maximum absolute atomic E-state index is 12.7. The summed E-state index contributed by atoms with van der Waals surface area (Å²) in [5.41, 5.74) is 5.66. The van der Waals surface area contributed by atoms with Gasteiger partial charge in [0.2, 0.25) is 0 Å². The third-order valence-electron chi connectivity index (χ3n) is 1.88. The van der Waals surface area contributed by atoms with Crippen LogP contribution in [0.2, 0.25) is 0 Å². The number of nitriles is 1. The Bertz CT molecular complexity index is 401. The van der Waals surface area contributed by atoms with E-state index >= 15 is 0 Å². The molecular formula is C9H8F2IN3. The Morgan fingerprint density at radius 2 is 2.27 bits per heavy atom. The molecule has 0 aliphatic rings. The summed E-state index contributed by atoms with van der Waals surface area (Å²) >= 11 is 1.91. The van der Waals surface area contributed by atoms with Crippen LogP contribution in [0.15, 0.2) is 6.07 Å². The summed E-state index contributed by atoms with van der Waals surface area (Å²) in [5.74, 6) is 0. The van der Waals surface area contributed by atoms with Crippen LogP contribution in [-0.4, -0.2) is 4.98 Å². The van der Waals surface area contributed by atoms with Crippen molar-refractivity contribution in [1.29, 1.82) is 5.26 Å². The Labute approximate surface area is 99.4 Å². The number of nitrogens with two attached hydrogens (primary N) is 1. The third-order valence-corrected chi connectivity index (χ3v) is 2.43. The van der Waals surface area contributed by atoms with E-state index in [-0.39, 0.29) is 24.2 Å². The highest BCUT2D eigenvalue weighted by Crippen LogP contribution is 2.27. The summed E-state index contributed by atoms with van der Waals surface area (Å²) in [7, 11) is 0. The maximum Gasteiger partial charge on any atom is 0.265 e. The first kappa shape index (κ1) is 12.3. The molecule has 0 aliphatic carbocycles. The van der Waals surface area contributed by atoms with E-state index in [2.05, 4.69) is 4.98 Å². The van der Waals surface area contributed by atoms with E-state index in [1.807, 2.05) is 28.7 Å². The van der Waals surface area contributed by atoms with Gasteiger partial charge in [-0.1, -0.05) is 0 Å². The van der Waals surface area contributed by atoms with Gasteiger partial charge in [-0.3, -0.25) is 0 Å². The molecule has 0 saturated carbocycles. The number of hydrogen-bond acceptors (Lipinski definition) is 3. The first-order valence-electron chi connectivity index (χ1n) is 4.13. The molecule has 1 aromatic rings. The van der Waals surface area contributed by atoms with E-state index in [0.29, 0.717) is 9.26 Å². The quantitative estimate of drug-likeness (QED) is 0.685. The van der Waals surface area contributed by atoms with Crippen LogP contribution in [0.3, 0.4) is 0 Å². The predicted octanol–water partition coefficient (Wildman–Crippen LogP) is 2.15. The Kier molecular flexibility index (Phi) is 4.35. The SMILES string of the molecule is N#CCc1nc(I)cc(CN)c1C(F)F. The van der Waals surface area contributed by atoms with Crippen molar-refractivity contribution in [2.24, 2.45) is 5.73 Å². The predicted molar refractivity (Wildman–Crippen MR) is 59.1 cm³/mol. The highest BCUT2D eigenvalue weighted by molar-refractivity contribution is 14.1. The molecule has 0 aliphatic heterocycles. The summed E-state index contributed by atoms with van der Waals surface area (Å²) in [6.45, 7) is 0.0244. The van der Waals surface area contributed by atoms with Crippen molar-refractivity contribution in [3.05, 3.63) is 26.6 Å². The molecule has 1 rings (SSSR count). The number of halogens is 3. The van der Waals surface area contributed by atoms with Gasteiger partial charge in [0.05, 0.1) is 18.2 Å². The van der Waals surface area contributed by atoms with E-state index in [1.54, 1.807) is 0 Å². The number of aromatic nitrogens is 1. The highest BCUT2D eigenvalue weighted by atomic mass is 127. The lowest BCUT2D eigenvalue weighted by Crippen LogP contribution is -2.08. The molecule has 1 heterocycles. The summed E-state index contributed by atoms with van der Waals surface area (Å²) in [6, 6.07) is 3.33. The fourth-order valence-electron chi connectivity index (χ4n) is 1.27. The Morgan fingerprint density at radius 1 is 1.60 bits per heavy atom. The zero-order valence-corrected chi connectivity index (χ0v) is 9.83. The molecule has 0 bridgehead atoms. The molecule has 1 aromatic heterocycles. The lowest BCUT2D eigenvalue weighted by Gasteiger charge is -2.11. The largest absolute Gasteiger partial charge is 0.326 e. The second-order valence-electron chi connectivity index (χ2n) is 2.80. The Balaban J connectivity index is 3.34. The second-order valence-corrected chi connectivity index (χ2v) is 3.91. The molecule has 80 valence electrons. The van der Waals surface area contributed by atoms with Crippen LogP contribution >= 0.6 is 22.6 Å². The van der Waals surface area contributed by atoms with Gasteiger partial charge >= 0.3 is 0 Å². The van der Waals surface area contributed by atoms with Gasteiger partial charge in [-0.05, 0) is 34.2 Å². The molecule has 0 aromatic carbocycles. The van der Waals surface area contributed by atoms with Crippen LogP contribution in [0, 0.1) is 15.0 Å². The normalized spacial score (nSPS) is 10.4. The van der Waals surface area contributed by atoms with E-state index in [9.17, 15) is 8.78 Å². The van der Waals surface area contributed by atoms with Crippen molar-refractivity contribution in [1.82, 2.24) is 4.98 Å². The van der Waals surface area contributed by atoms with Crippen molar-refractivity contribution >= 4 is 22.6 Å². The van der Waals surface area contributed by atoms with E-state index in [1.165, 1.54) is 6.07 Å². The van der Waals surface area contributed by atoms with Gasteiger partial charge in [0, 0.05) is 12.1 Å². The second kappa shape index (κ2) is 5.32. The van der Waals surface area contributed by atoms with Gasteiger partial charge in [-0.2, -0.15) is 5.26 Å². The average Bonchev–Trinajstić information content (AvgIpc) is 2.16. The minimum absolute atomic E-state index is 0.0244. The summed E-state index contributed by atoms with van der Waals surface area (Å²) < 4.78 is 26.0. The first-order valence-corrected chi connectivity index (χ1v) is 5.21. The fourth-order valence-corrected chi connectivity index (χ4v) is 1.94. The minimum Gasteiger partial charge on any atom is -0.326 e. The van der Waals surface area contributed by atoms with Crippen LogP contribution < -0.4 is 5.73 Å². The zero-order valence-electron chi connectivity index (χ0n) is 7.67. The molecule has 3 nitrogen and oxygen atoms in total. The van der Waals surface area contributed by atoms with Gasteiger partial charge in [0.15, 0.2) is 0 Å². The van der Waals surface area contributed by atoms with Crippen molar-refractivity contribution in [3.8, 4) is 6.07 Å². The molecule has 2 N–H and O–H groups in total. The van der Waals surface area contributed by atoms with E-state index in [0.717, 1.165) is 0 Å². The zero-order chi connectivity index (χ0) is 11.4.